The average Bonchev–Trinajstić information content (AvgIpc) is 3.02. The van der Waals surface area contributed by atoms with Crippen LogP contribution in [0.25, 0.3) is 10.9 Å². The lowest BCUT2D eigenvalue weighted by atomic mass is 10.1. The van der Waals surface area contributed by atoms with E-state index < -0.39 is 0 Å². The van der Waals surface area contributed by atoms with Crippen molar-refractivity contribution in [2.45, 2.75) is 6.54 Å². The van der Waals surface area contributed by atoms with Gasteiger partial charge in [0, 0.05) is 29.9 Å². The second kappa shape index (κ2) is 6.92. The van der Waals surface area contributed by atoms with Gasteiger partial charge in [0.25, 0.3) is 0 Å². The van der Waals surface area contributed by atoms with Crippen LogP contribution in [0.4, 0.5) is 14.5 Å². The minimum Gasteiger partial charge on any atom is -0.343 e. The molecule has 1 heterocycles. The SMILES string of the molecule is Fc1cccc(Cn2ccc3cc(C=Nc4cccc(F)c4)ccc32)c1. The third-order valence-corrected chi connectivity index (χ3v) is 4.21. The quantitative estimate of drug-likeness (QED) is 0.421. The van der Waals surface area contributed by atoms with E-state index in [2.05, 4.69) is 9.56 Å². The van der Waals surface area contributed by atoms with Crippen LogP contribution in [-0.2, 0) is 6.54 Å². The largest absolute Gasteiger partial charge is 0.343 e. The van der Waals surface area contributed by atoms with E-state index in [0.717, 1.165) is 22.0 Å². The smallest absolute Gasteiger partial charge is 0.125 e. The molecule has 0 radical (unpaired) electrons. The number of nitrogens with zero attached hydrogens (tertiary/aromatic N) is 2. The summed E-state index contributed by atoms with van der Waals surface area (Å²) < 4.78 is 28.7. The molecule has 4 heteroatoms. The maximum Gasteiger partial charge on any atom is 0.125 e. The monoisotopic (exact) mass is 346 g/mol. The molecule has 4 aromatic rings. The average molecular weight is 346 g/mol. The summed E-state index contributed by atoms with van der Waals surface area (Å²) >= 11 is 0. The van der Waals surface area contributed by atoms with E-state index in [4.69, 9.17) is 0 Å². The van der Waals surface area contributed by atoms with Crippen LogP contribution in [0.5, 0.6) is 0 Å². The standard InChI is InChI=1S/C22H16F2N2/c23-19-4-1-3-17(12-19)15-26-10-9-18-11-16(7-8-22(18)26)14-25-21-6-2-5-20(24)13-21/h1-14H,15H2. The highest BCUT2D eigenvalue weighted by Crippen LogP contribution is 2.20. The first-order valence-corrected chi connectivity index (χ1v) is 8.30. The Labute approximate surface area is 150 Å². The van der Waals surface area contributed by atoms with E-state index in [1.807, 2.05) is 36.5 Å². The fraction of sp³-hybridized carbons (Fsp3) is 0.0455. The van der Waals surface area contributed by atoms with Crippen molar-refractivity contribution < 1.29 is 8.78 Å². The number of hydrogen-bond donors (Lipinski definition) is 0. The van der Waals surface area contributed by atoms with Gasteiger partial charge < -0.3 is 4.57 Å². The summed E-state index contributed by atoms with van der Waals surface area (Å²) in [5.74, 6) is -0.528. The maximum atomic E-state index is 13.4. The van der Waals surface area contributed by atoms with E-state index in [9.17, 15) is 8.78 Å². The Balaban J connectivity index is 1.59. The van der Waals surface area contributed by atoms with Crippen molar-refractivity contribution in [1.82, 2.24) is 4.57 Å². The molecule has 0 spiro atoms. The summed E-state index contributed by atoms with van der Waals surface area (Å²) in [4.78, 5) is 4.31. The van der Waals surface area contributed by atoms with Gasteiger partial charge in [0.2, 0.25) is 0 Å². The van der Waals surface area contributed by atoms with Gasteiger partial charge in [0.1, 0.15) is 11.6 Å². The van der Waals surface area contributed by atoms with Crippen molar-refractivity contribution in [3.8, 4) is 0 Å². The maximum absolute atomic E-state index is 13.4. The molecule has 0 fully saturated rings. The van der Waals surface area contributed by atoms with E-state index in [1.165, 1.54) is 18.2 Å². The fourth-order valence-corrected chi connectivity index (χ4v) is 2.97. The van der Waals surface area contributed by atoms with Crippen molar-refractivity contribution in [2.24, 2.45) is 4.99 Å². The highest BCUT2D eigenvalue weighted by molar-refractivity contribution is 5.90. The molecule has 0 atom stereocenters. The predicted molar refractivity (Wildman–Crippen MR) is 101 cm³/mol. The first-order chi connectivity index (χ1) is 12.7. The molecule has 0 aliphatic rings. The van der Waals surface area contributed by atoms with Crippen LogP contribution in [-0.4, -0.2) is 10.8 Å². The third kappa shape index (κ3) is 3.54. The number of halogens is 2. The van der Waals surface area contributed by atoms with Gasteiger partial charge >= 0.3 is 0 Å². The molecule has 0 aliphatic carbocycles. The van der Waals surface area contributed by atoms with Crippen LogP contribution in [0.2, 0.25) is 0 Å². The van der Waals surface area contributed by atoms with Crippen molar-refractivity contribution in [3.63, 3.8) is 0 Å². The number of aromatic nitrogens is 1. The van der Waals surface area contributed by atoms with Crippen molar-refractivity contribution in [3.05, 3.63) is 102 Å². The highest BCUT2D eigenvalue weighted by Gasteiger charge is 2.03. The Morgan fingerprint density at radius 3 is 2.46 bits per heavy atom. The van der Waals surface area contributed by atoms with Crippen molar-refractivity contribution in [2.75, 3.05) is 0 Å². The molecule has 3 aromatic carbocycles. The Morgan fingerprint density at radius 2 is 1.65 bits per heavy atom. The van der Waals surface area contributed by atoms with E-state index >= 15 is 0 Å². The van der Waals surface area contributed by atoms with E-state index in [1.54, 1.807) is 30.5 Å². The van der Waals surface area contributed by atoms with Gasteiger partial charge in [-0.05, 0) is 59.7 Å². The molecule has 1 aromatic heterocycles. The third-order valence-electron chi connectivity index (χ3n) is 4.21. The topological polar surface area (TPSA) is 17.3 Å². The fourth-order valence-electron chi connectivity index (χ4n) is 2.97. The van der Waals surface area contributed by atoms with Crippen LogP contribution in [0.3, 0.4) is 0 Å². The Hall–Kier alpha value is -3.27. The normalized spacial score (nSPS) is 11.5. The molecule has 0 bridgehead atoms. The molecule has 0 unspecified atom stereocenters. The number of aliphatic imine (C=N–C) groups is 1. The Bertz CT molecular complexity index is 1100. The second-order valence-electron chi connectivity index (χ2n) is 6.13. The summed E-state index contributed by atoms with van der Waals surface area (Å²) in [6.07, 6.45) is 3.71. The van der Waals surface area contributed by atoms with Crippen molar-refractivity contribution in [1.29, 1.82) is 0 Å². The highest BCUT2D eigenvalue weighted by atomic mass is 19.1. The first-order valence-electron chi connectivity index (χ1n) is 8.30. The van der Waals surface area contributed by atoms with E-state index in [0.29, 0.717) is 12.2 Å². The summed E-state index contributed by atoms with van der Waals surface area (Å²) in [5, 5.41) is 1.07. The second-order valence-corrected chi connectivity index (χ2v) is 6.13. The summed E-state index contributed by atoms with van der Waals surface area (Å²) in [7, 11) is 0. The van der Waals surface area contributed by atoms with Gasteiger partial charge in [0.15, 0.2) is 0 Å². The molecule has 0 amide bonds. The lowest BCUT2D eigenvalue weighted by Crippen LogP contribution is -1.98. The molecule has 0 aliphatic heterocycles. The van der Waals surface area contributed by atoms with Gasteiger partial charge in [-0.3, -0.25) is 4.99 Å². The van der Waals surface area contributed by atoms with Gasteiger partial charge in [-0.2, -0.15) is 0 Å². The number of fused-ring (bicyclic) bond motifs is 1. The van der Waals surface area contributed by atoms with Crippen LogP contribution in [0.15, 0.2) is 84.0 Å². The Morgan fingerprint density at radius 1 is 0.846 bits per heavy atom. The molecule has 0 saturated heterocycles. The van der Waals surface area contributed by atoms with Crippen LogP contribution in [0.1, 0.15) is 11.1 Å². The molecule has 0 N–H and O–H groups in total. The summed E-state index contributed by atoms with van der Waals surface area (Å²) in [6.45, 7) is 0.609. The van der Waals surface area contributed by atoms with Crippen molar-refractivity contribution >= 4 is 22.8 Å². The zero-order valence-corrected chi connectivity index (χ0v) is 13.9. The molecular formula is C22H16F2N2. The number of rotatable bonds is 4. The molecule has 4 rings (SSSR count). The van der Waals surface area contributed by atoms with Gasteiger partial charge in [0.05, 0.1) is 5.69 Å². The van der Waals surface area contributed by atoms with Gasteiger partial charge in [-0.25, -0.2) is 8.78 Å². The molecule has 128 valence electrons. The lowest BCUT2D eigenvalue weighted by Gasteiger charge is -2.06. The summed E-state index contributed by atoms with van der Waals surface area (Å²) in [6, 6.07) is 20.8. The minimum atomic E-state index is -0.301. The first kappa shape index (κ1) is 16.2. The Kier molecular flexibility index (Phi) is 4.32. The van der Waals surface area contributed by atoms with Crippen LogP contribution in [0, 0.1) is 11.6 Å². The number of hydrogen-bond acceptors (Lipinski definition) is 1. The molecular weight excluding hydrogens is 330 g/mol. The lowest BCUT2D eigenvalue weighted by molar-refractivity contribution is 0.624. The molecule has 2 nitrogen and oxygen atoms in total. The van der Waals surface area contributed by atoms with Crippen LogP contribution >= 0.6 is 0 Å². The zero-order valence-electron chi connectivity index (χ0n) is 13.9. The molecule has 26 heavy (non-hydrogen) atoms. The predicted octanol–water partition coefficient (Wildman–Crippen LogP) is 5.72. The summed E-state index contributed by atoms with van der Waals surface area (Å²) in [5.41, 5.74) is 3.50. The van der Waals surface area contributed by atoms with Crippen LogP contribution < -0.4 is 0 Å². The molecule has 0 saturated carbocycles. The number of benzene rings is 3. The minimum absolute atomic E-state index is 0.227. The van der Waals surface area contributed by atoms with Gasteiger partial charge in [-0.15, -0.1) is 0 Å². The zero-order chi connectivity index (χ0) is 17.9. The van der Waals surface area contributed by atoms with E-state index in [-0.39, 0.29) is 11.6 Å². The van der Waals surface area contributed by atoms with Gasteiger partial charge in [-0.1, -0.05) is 24.3 Å².